The van der Waals surface area contributed by atoms with E-state index in [-0.39, 0.29) is 5.75 Å². The Hall–Kier alpha value is 0.190. The summed E-state index contributed by atoms with van der Waals surface area (Å²) in [6, 6.07) is 0. The van der Waals surface area contributed by atoms with Crippen molar-refractivity contribution in [3.05, 3.63) is 0 Å². The van der Waals surface area contributed by atoms with Gasteiger partial charge in [0, 0.05) is 5.75 Å². The van der Waals surface area contributed by atoms with Crippen molar-refractivity contribution in [1.29, 1.82) is 0 Å². The SMILES string of the molecule is O[C@@H]1[C@@H](O)[C@@H](O)SC[C@H]1O. The molecular formula is C5H10O4S. The second-order valence-electron chi connectivity index (χ2n) is 2.27. The first-order valence-electron chi connectivity index (χ1n) is 2.97. The molecule has 0 aromatic rings. The zero-order chi connectivity index (χ0) is 7.72. The van der Waals surface area contributed by atoms with E-state index >= 15 is 0 Å². The Morgan fingerprint density at radius 1 is 1.00 bits per heavy atom. The first kappa shape index (κ1) is 8.29. The Kier molecular flexibility index (Phi) is 2.54. The summed E-state index contributed by atoms with van der Waals surface area (Å²) in [7, 11) is 0. The van der Waals surface area contributed by atoms with Gasteiger partial charge in [-0.3, -0.25) is 0 Å². The standard InChI is InChI=1S/C5H10O4S/c6-2-1-10-5(9)4(8)3(2)7/h2-9H,1H2/t2-,3+,4-,5+/m1/s1. The number of thioether (sulfide) groups is 1. The van der Waals surface area contributed by atoms with Crippen molar-refractivity contribution in [1.82, 2.24) is 0 Å². The molecule has 1 heterocycles. The molecule has 10 heavy (non-hydrogen) atoms. The molecule has 60 valence electrons. The van der Waals surface area contributed by atoms with Crippen LogP contribution in [0.1, 0.15) is 0 Å². The Balaban J connectivity index is 2.52. The number of aliphatic hydroxyl groups is 4. The number of aliphatic hydroxyl groups excluding tert-OH is 4. The van der Waals surface area contributed by atoms with Crippen LogP contribution in [0.4, 0.5) is 0 Å². The van der Waals surface area contributed by atoms with E-state index in [0.717, 1.165) is 11.8 Å². The van der Waals surface area contributed by atoms with Crippen LogP contribution in [-0.4, -0.2) is 49.9 Å². The smallest absolute Gasteiger partial charge is 0.128 e. The monoisotopic (exact) mass is 166 g/mol. The molecule has 1 aliphatic heterocycles. The zero-order valence-corrected chi connectivity index (χ0v) is 6.03. The molecule has 0 amide bonds. The summed E-state index contributed by atoms with van der Waals surface area (Å²) in [6.07, 6.45) is -3.37. The molecule has 0 aromatic carbocycles. The second-order valence-corrected chi connectivity index (χ2v) is 3.42. The maximum absolute atomic E-state index is 8.94. The molecule has 1 fully saturated rings. The molecule has 4 nitrogen and oxygen atoms in total. The quantitative estimate of drug-likeness (QED) is 0.339. The molecule has 1 aliphatic rings. The van der Waals surface area contributed by atoms with E-state index in [1.165, 1.54) is 0 Å². The molecule has 0 saturated carbocycles. The highest BCUT2D eigenvalue weighted by Crippen LogP contribution is 2.23. The van der Waals surface area contributed by atoms with Crippen LogP contribution in [-0.2, 0) is 0 Å². The highest BCUT2D eigenvalue weighted by atomic mass is 32.2. The normalized spacial score (nSPS) is 49.2. The first-order valence-corrected chi connectivity index (χ1v) is 4.01. The minimum atomic E-state index is -1.23. The summed E-state index contributed by atoms with van der Waals surface area (Å²) in [4.78, 5) is 0. The van der Waals surface area contributed by atoms with Gasteiger partial charge in [0.15, 0.2) is 0 Å². The third kappa shape index (κ3) is 1.43. The Morgan fingerprint density at radius 3 is 2.10 bits per heavy atom. The summed E-state index contributed by atoms with van der Waals surface area (Å²) >= 11 is 1.03. The number of rotatable bonds is 0. The Bertz CT molecular complexity index is 106. The predicted molar refractivity (Wildman–Crippen MR) is 36.5 cm³/mol. The van der Waals surface area contributed by atoms with Gasteiger partial charge in [0.2, 0.25) is 0 Å². The lowest BCUT2D eigenvalue weighted by atomic mass is 10.1. The molecule has 1 saturated heterocycles. The largest absolute Gasteiger partial charge is 0.389 e. The third-order valence-electron chi connectivity index (χ3n) is 1.47. The molecule has 4 N–H and O–H groups in total. The maximum atomic E-state index is 8.94. The average molecular weight is 166 g/mol. The van der Waals surface area contributed by atoms with Crippen molar-refractivity contribution in [3.8, 4) is 0 Å². The van der Waals surface area contributed by atoms with Crippen molar-refractivity contribution in [2.45, 2.75) is 23.7 Å². The van der Waals surface area contributed by atoms with Gasteiger partial charge in [-0.15, -0.1) is 11.8 Å². The molecule has 1 rings (SSSR count). The lowest BCUT2D eigenvalue weighted by Gasteiger charge is -2.31. The van der Waals surface area contributed by atoms with Crippen LogP contribution in [0.25, 0.3) is 0 Å². The highest BCUT2D eigenvalue weighted by Gasteiger charge is 2.35. The topological polar surface area (TPSA) is 80.9 Å². The molecule has 4 atom stereocenters. The minimum Gasteiger partial charge on any atom is -0.389 e. The molecule has 0 bridgehead atoms. The molecular weight excluding hydrogens is 156 g/mol. The summed E-state index contributed by atoms with van der Waals surface area (Å²) in [5.41, 5.74) is -0.974. The minimum absolute atomic E-state index is 0.263. The molecule has 0 radical (unpaired) electrons. The van der Waals surface area contributed by atoms with Crippen LogP contribution in [0.3, 0.4) is 0 Å². The van der Waals surface area contributed by atoms with E-state index in [1.807, 2.05) is 0 Å². The molecule has 0 unspecified atom stereocenters. The summed E-state index contributed by atoms with van der Waals surface area (Å²) in [6.45, 7) is 0. The maximum Gasteiger partial charge on any atom is 0.128 e. The van der Waals surface area contributed by atoms with E-state index in [0.29, 0.717) is 0 Å². The van der Waals surface area contributed by atoms with Crippen molar-refractivity contribution >= 4 is 11.8 Å². The van der Waals surface area contributed by atoms with Crippen molar-refractivity contribution in [2.75, 3.05) is 5.75 Å². The van der Waals surface area contributed by atoms with Gasteiger partial charge in [-0.2, -0.15) is 0 Å². The molecule has 0 aromatic heterocycles. The number of hydrogen-bond acceptors (Lipinski definition) is 5. The fourth-order valence-corrected chi connectivity index (χ4v) is 1.74. The lowest BCUT2D eigenvalue weighted by molar-refractivity contribution is -0.0834. The fraction of sp³-hybridized carbons (Fsp3) is 1.00. The lowest BCUT2D eigenvalue weighted by Crippen LogP contribution is -2.48. The van der Waals surface area contributed by atoms with Crippen LogP contribution >= 0.6 is 11.8 Å². The summed E-state index contributed by atoms with van der Waals surface area (Å²) in [5, 5.41) is 35.7. The van der Waals surface area contributed by atoms with Gasteiger partial charge in [-0.1, -0.05) is 0 Å². The van der Waals surface area contributed by atoms with Gasteiger partial charge in [0.05, 0.1) is 6.10 Å². The van der Waals surface area contributed by atoms with Gasteiger partial charge in [0.25, 0.3) is 0 Å². The van der Waals surface area contributed by atoms with Crippen LogP contribution in [0.15, 0.2) is 0 Å². The summed E-state index contributed by atoms with van der Waals surface area (Å²) in [5.74, 6) is 0.263. The van der Waals surface area contributed by atoms with Crippen LogP contribution in [0, 0.1) is 0 Å². The van der Waals surface area contributed by atoms with Crippen LogP contribution in [0.5, 0.6) is 0 Å². The second kappa shape index (κ2) is 3.06. The highest BCUT2D eigenvalue weighted by molar-refractivity contribution is 7.99. The third-order valence-corrected chi connectivity index (χ3v) is 2.63. The van der Waals surface area contributed by atoms with Crippen molar-refractivity contribution in [3.63, 3.8) is 0 Å². The summed E-state index contributed by atoms with van der Waals surface area (Å²) < 4.78 is 0. The van der Waals surface area contributed by atoms with Gasteiger partial charge >= 0.3 is 0 Å². The molecule has 0 aliphatic carbocycles. The van der Waals surface area contributed by atoms with E-state index in [2.05, 4.69) is 0 Å². The van der Waals surface area contributed by atoms with Gasteiger partial charge in [-0.25, -0.2) is 0 Å². The van der Waals surface area contributed by atoms with E-state index in [1.54, 1.807) is 0 Å². The van der Waals surface area contributed by atoms with Gasteiger partial charge in [-0.05, 0) is 0 Å². The molecule has 0 spiro atoms. The van der Waals surface area contributed by atoms with E-state index < -0.39 is 23.7 Å². The first-order chi connectivity index (χ1) is 4.63. The van der Waals surface area contributed by atoms with Gasteiger partial charge in [0.1, 0.15) is 17.6 Å². The Morgan fingerprint density at radius 2 is 1.60 bits per heavy atom. The zero-order valence-electron chi connectivity index (χ0n) is 5.21. The average Bonchev–Trinajstić information content (AvgIpc) is 1.93. The van der Waals surface area contributed by atoms with Crippen molar-refractivity contribution in [2.24, 2.45) is 0 Å². The van der Waals surface area contributed by atoms with Crippen molar-refractivity contribution < 1.29 is 20.4 Å². The van der Waals surface area contributed by atoms with Gasteiger partial charge < -0.3 is 20.4 Å². The van der Waals surface area contributed by atoms with E-state index in [9.17, 15) is 0 Å². The predicted octanol–water partition coefficient (Wildman–Crippen LogP) is -1.87. The fourth-order valence-electron chi connectivity index (χ4n) is 0.791. The van der Waals surface area contributed by atoms with Crippen LogP contribution in [0.2, 0.25) is 0 Å². The molecule has 5 heteroatoms. The number of hydrogen-bond donors (Lipinski definition) is 4. The van der Waals surface area contributed by atoms with E-state index in [4.69, 9.17) is 20.4 Å². The Labute approximate surface area is 62.5 Å². The van der Waals surface area contributed by atoms with Crippen LogP contribution < -0.4 is 0 Å².